The lowest BCUT2D eigenvalue weighted by atomic mass is 9.77. The van der Waals surface area contributed by atoms with E-state index in [1.165, 1.54) is 34.9 Å². The Balaban J connectivity index is 1.32. The molecule has 0 aliphatic carbocycles. The molecule has 0 bridgehead atoms. The normalized spacial score (nSPS) is 16.9. The third kappa shape index (κ3) is 10.1. The number of rotatable bonds is 14. The number of carbonyl (C=O) groups excluding carboxylic acids is 5. The summed E-state index contributed by atoms with van der Waals surface area (Å²) in [5, 5.41) is 11.9. The molecule has 0 saturated carbocycles. The molecule has 0 unspecified atom stereocenters. The number of oxime groups is 1. The fourth-order valence-electron chi connectivity index (χ4n) is 6.61. The van der Waals surface area contributed by atoms with Crippen LogP contribution in [-0.4, -0.2) is 86.9 Å². The van der Waals surface area contributed by atoms with Gasteiger partial charge in [-0.15, -0.1) is 23.1 Å². The Hall–Kier alpha value is -6.00. The molecule has 1 saturated heterocycles. The van der Waals surface area contributed by atoms with Crippen molar-refractivity contribution in [2.75, 3.05) is 24.3 Å². The molecular formula is C44H47N5O9S2. The van der Waals surface area contributed by atoms with Crippen molar-refractivity contribution in [3.63, 3.8) is 0 Å². The molecule has 0 radical (unpaired) electrons. The maximum atomic E-state index is 14.2. The molecule has 60 heavy (non-hydrogen) atoms. The number of nitrogens with one attached hydrogen (secondary N) is 2. The van der Waals surface area contributed by atoms with Crippen molar-refractivity contribution < 1.29 is 43.0 Å². The Morgan fingerprint density at radius 1 is 0.833 bits per heavy atom. The van der Waals surface area contributed by atoms with Crippen LogP contribution in [0, 0.1) is 0 Å². The zero-order chi connectivity index (χ0) is 43.2. The van der Waals surface area contributed by atoms with Gasteiger partial charge in [-0.25, -0.2) is 14.6 Å². The van der Waals surface area contributed by atoms with Crippen molar-refractivity contribution in [1.82, 2.24) is 15.2 Å². The largest absolute Gasteiger partial charge is 0.461 e. The zero-order valence-corrected chi connectivity index (χ0v) is 36.0. The van der Waals surface area contributed by atoms with Gasteiger partial charge in [0.1, 0.15) is 46.2 Å². The first-order valence-electron chi connectivity index (χ1n) is 19.1. The summed E-state index contributed by atoms with van der Waals surface area (Å²) in [5.41, 5.74) is 0.350. The van der Waals surface area contributed by atoms with Crippen LogP contribution in [-0.2, 0) is 48.6 Å². The predicted molar refractivity (Wildman–Crippen MR) is 228 cm³/mol. The molecule has 6 rings (SSSR count). The lowest BCUT2D eigenvalue weighted by Gasteiger charge is -2.49. The molecule has 4 aromatic rings. The molecule has 1 fully saturated rings. The number of nitrogens with zero attached hydrogens (tertiary/aromatic N) is 3. The maximum Gasteiger partial charge on any atom is 0.355 e. The van der Waals surface area contributed by atoms with Gasteiger partial charge in [-0.2, -0.15) is 0 Å². The number of hydrogen-bond donors (Lipinski definition) is 2. The molecule has 2 aliphatic heterocycles. The predicted octanol–water partition coefficient (Wildman–Crippen LogP) is 6.17. The molecular weight excluding hydrogens is 807 g/mol. The smallest absolute Gasteiger partial charge is 0.355 e. The Morgan fingerprint density at radius 2 is 1.38 bits per heavy atom. The SMILES string of the molecule is CC(=O)OCC1=C(C(=O)OC(C)(C)C)N2C(=O)[C@@H](NC(=O)C(=NOCC(=O)OC(C)(C)C)c3csc(NC(c4ccccc4)(c4ccccc4)c4ccccc4)n3)[C@H]2SC1. The highest BCUT2D eigenvalue weighted by Crippen LogP contribution is 2.42. The van der Waals surface area contributed by atoms with E-state index in [2.05, 4.69) is 15.8 Å². The van der Waals surface area contributed by atoms with Crippen molar-refractivity contribution >= 4 is 63.7 Å². The van der Waals surface area contributed by atoms with E-state index in [4.69, 9.17) is 24.0 Å². The van der Waals surface area contributed by atoms with Gasteiger partial charge in [0, 0.05) is 23.6 Å². The number of hydrogen-bond acceptors (Lipinski definition) is 14. The lowest BCUT2D eigenvalue weighted by Crippen LogP contribution is -2.71. The fraction of sp³-hybridized carbons (Fsp3) is 0.341. The molecule has 1 aromatic heterocycles. The van der Waals surface area contributed by atoms with Crippen LogP contribution in [0.3, 0.4) is 0 Å². The average Bonchev–Trinajstić information content (AvgIpc) is 3.66. The van der Waals surface area contributed by atoms with Crippen molar-refractivity contribution in [2.24, 2.45) is 5.16 Å². The van der Waals surface area contributed by atoms with E-state index >= 15 is 0 Å². The number of β-lactam (4-membered cyclic amide) rings is 1. The van der Waals surface area contributed by atoms with Crippen LogP contribution in [0.2, 0.25) is 0 Å². The first-order valence-corrected chi connectivity index (χ1v) is 21.1. The highest BCUT2D eigenvalue weighted by Gasteiger charge is 2.55. The molecule has 14 nitrogen and oxygen atoms in total. The number of carbonyl (C=O) groups is 5. The Bertz CT molecular complexity index is 2190. The molecule has 3 aromatic carbocycles. The number of thiazole rings is 1. The van der Waals surface area contributed by atoms with Crippen LogP contribution in [0.15, 0.2) is 113 Å². The number of esters is 3. The summed E-state index contributed by atoms with van der Waals surface area (Å²) >= 11 is 2.50. The third-order valence-corrected chi connectivity index (χ3v) is 11.1. The number of aromatic nitrogens is 1. The number of amides is 2. The van der Waals surface area contributed by atoms with Gasteiger partial charge in [-0.3, -0.25) is 19.3 Å². The van der Waals surface area contributed by atoms with Crippen molar-refractivity contribution in [3.05, 3.63) is 130 Å². The van der Waals surface area contributed by atoms with Crippen LogP contribution in [0.4, 0.5) is 5.13 Å². The summed E-state index contributed by atoms with van der Waals surface area (Å²) in [5.74, 6) is -3.20. The molecule has 2 atom stereocenters. The monoisotopic (exact) mass is 853 g/mol. The van der Waals surface area contributed by atoms with Gasteiger partial charge in [0.2, 0.25) is 6.61 Å². The minimum Gasteiger partial charge on any atom is -0.461 e. The van der Waals surface area contributed by atoms with E-state index in [1.54, 1.807) is 46.9 Å². The summed E-state index contributed by atoms with van der Waals surface area (Å²) in [7, 11) is 0. The second-order valence-corrected chi connectivity index (χ2v) is 17.9. The topological polar surface area (TPSA) is 175 Å². The number of anilines is 1. The van der Waals surface area contributed by atoms with Gasteiger partial charge in [-0.05, 0) is 58.2 Å². The van der Waals surface area contributed by atoms with Crippen molar-refractivity contribution in [3.8, 4) is 0 Å². The third-order valence-electron chi connectivity index (χ3n) is 9.01. The number of thioether (sulfide) groups is 1. The number of fused-ring (bicyclic) bond motifs is 1. The minimum atomic E-state index is -1.09. The second-order valence-electron chi connectivity index (χ2n) is 15.9. The van der Waals surface area contributed by atoms with Gasteiger partial charge in [0.25, 0.3) is 11.8 Å². The van der Waals surface area contributed by atoms with Gasteiger partial charge < -0.3 is 29.7 Å². The van der Waals surface area contributed by atoms with E-state index in [-0.39, 0.29) is 29.5 Å². The van der Waals surface area contributed by atoms with Crippen LogP contribution in [0.1, 0.15) is 70.9 Å². The van der Waals surface area contributed by atoms with E-state index in [9.17, 15) is 24.0 Å². The van der Waals surface area contributed by atoms with Crippen molar-refractivity contribution in [2.45, 2.75) is 76.6 Å². The molecule has 2 amide bonds. The first kappa shape index (κ1) is 43.6. The number of ether oxygens (including phenoxy) is 3. The zero-order valence-electron chi connectivity index (χ0n) is 34.3. The molecule has 3 heterocycles. The van der Waals surface area contributed by atoms with Gasteiger partial charge in [-0.1, -0.05) is 96.2 Å². The van der Waals surface area contributed by atoms with E-state index in [0.717, 1.165) is 16.7 Å². The lowest BCUT2D eigenvalue weighted by molar-refractivity contribution is -0.160. The summed E-state index contributed by atoms with van der Waals surface area (Å²) in [4.78, 5) is 77.3. The molecule has 2 N–H and O–H groups in total. The second kappa shape index (κ2) is 18.1. The summed E-state index contributed by atoms with van der Waals surface area (Å²) < 4.78 is 16.2. The maximum absolute atomic E-state index is 14.2. The minimum absolute atomic E-state index is 0.0334. The van der Waals surface area contributed by atoms with E-state index in [1.807, 2.05) is 91.0 Å². The summed E-state index contributed by atoms with van der Waals surface area (Å²) in [6.07, 6.45) is 0. The highest BCUT2D eigenvalue weighted by molar-refractivity contribution is 8.00. The van der Waals surface area contributed by atoms with Gasteiger partial charge in [0.15, 0.2) is 10.8 Å². The van der Waals surface area contributed by atoms with Gasteiger partial charge >= 0.3 is 17.9 Å². The fourth-order valence-corrected chi connectivity index (χ4v) is 8.69. The Labute approximate surface area is 356 Å². The van der Waals surface area contributed by atoms with Crippen LogP contribution >= 0.6 is 23.1 Å². The summed E-state index contributed by atoms with van der Waals surface area (Å²) in [6, 6.07) is 28.7. The molecule has 2 aliphatic rings. The van der Waals surface area contributed by atoms with Crippen molar-refractivity contribution in [1.29, 1.82) is 0 Å². The highest BCUT2D eigenvalue weighted by atomic mass is 32.2. The standard InChI is InChI=1S/C44H47N5O9S2/c1-27(50)55-23-28-25-59-39-35(38(53)49(39)36(28)40(54)58-43(5,6)7)46-37(52)34(48-56-24-33(51)57-42(2,3)4)32-26-60-41(45-32)47-44(29-17-11-8-12-18-29,30-19-13-9-14-20-30)31-21-15-10-16-22-31/h8-22,26,35,39H,23-25H2,1-7H3,(H,45,47)(H,46,52)/t35-,39-/m1/s1. The Morgan fingerprint density at radius 3 is 1.90 bits per heavy atom. The molecule has 16 heteroatoms. The van der Waals surface area contributed by atoms with Crippen LogP contribution in [0.25, 0.3) is 0 Å². The van der Waals surface area contributed by atoms with Crippen LogP contribution < -0.4 is 10.6 Å². The van der Waals surface area contributed by atoms with Gasteiger partial charge in [0.05, 0.1) is 0 Å². The quantitative estimate of drug-likeness (QED) is 0.0370. The molecule has 0 spiro atoms. The summed E-state index contributed by atoms with van der Waals surface area (Å²) in [6.45, 7) is 10.7. The average molecular weight is 854 g/mol. The van der Waals surface area contributed by atoms with E-state index < -0.39 is 64.5 Å². The molecule has 314 valence electrons. The Kier molecular flexibility index (Phi) is 13.1. The van der Waals surface area contributed by atoms with E-state index in [0.29, 0.717) is 10.7 Å². The first-order chi connectivity index (χ1) is 28.5. The number of benzene rings is 3. The van der Waals surface area contributed by atoms with Crippen LogP contribution in [0.5, 0.6) is 0 Å².